The van der Waals surface area contributed by atoms with Gasteiger partial charge in [0.2, 0.25) is 0 Å². The summed E-state index contributed by atoms with van der Waals surface area (Å²) in [6.45, 7) is 9.39. The third kappa shape index (κ3) is 4.41. The monoisotopic (exact) mass is 508 g/mol. The van der Waals surface area contributed by atoms with Crippen LogP contribution in [0.25, 0.3) is 34.4 Å². The quantitative estimate of drug-likeness (QED) is 0.222. The van der Waals surface area contributed by atoms with Crippen molar-refractivity contribution in [1.82, 2.24) is 0 Å². The zero-order chi connectivity index (χ0) is 27.0. The molecule has 0 bridgehead atoms. The Morgan fingerprint density at radius 2 is 0.974 bits per heavy atom. The van der Waals surface area contributed by atoms with E-state index in [4.69, 9.17) is 0 Å². The van der Waals surface area contributed by atoms with Gasteiger partial charge in [-0.05, 0) is 87.7 Å². The van der Waals surface area contributed by atoms with Gasteiger partial charge in [0, 0.05) is 5.41 Å². The van der Waals surface area contributed by atoms with Gasteiger partial charge < -0.3 is 0 Å². The van der Waals surface area contributed by atoms with Crippen molar-refractivity contribution in [3.05, 3.63) is 129 Å². The second-order valence-corrected chi connectivity index (χ2v) is 11.6. The molecule has 0 heteroatoms. The summed E-state index contributed by atoms with van der Waals surface area (Å²) in [5.41, 5.74) is 17.4. The first-order chi connectivity index (χ1) is 19.1. The molecular formula is C39H40. The third-order valence-electron chi connectivity index (χ3n) is 9.34. The van der Waals surface area contributed by atoms with Crippen LogP contribution in [0.4, 0.5) is 0 Å². The minimum Gasteiger partial charge on any atom is -0.0653 e. The fourth-order valence-corrected chi connectivity index (χ4v) is 7.12. The molecule has 4 aromatic carbocycles. The second-order valence-electron chi connectivity index (χ2n) is 11.6. The summed E-state index contributed by atoms with van der Waals surface area (Å²) in [6, 6.07) is 31.7. The highest BCUT2D eigenvalue weighted by Gasteiger charge is 2.37. The van der Waals surface area contributed by atoms with Crippen molar-refractivity contribution in [2.45, 2.75) is 66.2 Å². The average molecular weight is 509 g/mol. The van der Waals surface area contributed by atoms with Crippen LogP contribution >= 0.6 is 0 Å². The van der Waals surface area contributed by atoms with Crippen molar-refractivity contribution in [3.63, 3.8) is 0 Å². The molecular weight excluding hydrogens is 468 g/mol. The molecule has 0 radical (unpaired) electrons. The molecule has 0 saturated carbocycles. The average Bonchev–Trinajstić information content (AvgIpc) is 3.63. The molecule has 0 heterocycles. The molecule has 0 aliphatic heterocycles. The van der Waals surface area contributed by atoms with E-state index in [1.807, 2.05) is 0 Å². The Hall–Kier alpha value is -3.64. The van der Waals surface area contributed by atoms with Crippen molar-refractivity contribution in [2.24, 2.45) is 5.41 Å². The number of aryl methyl sites for hydroxylation is 2. The van der Waals surface area contributed by atoms with Crippen LogP contribution in [0.2, 0.25) is 0 Å². The molecule has 0 aromatic heterocycles. The minimum absolute atomic E-state index is 0.0515. The maximum Gasteiger partial charge on any atom is 0.0105 e. The van der Waals surface area contributed by atoms with E-state index in [1.165, 1.54) is 68.5 Å². The molecule has 0 unspecified atom stereocenters. The molecule has 0 N–H and O–H groups in total. The third-order valence-corrected chi connectivity index (χ3v) is 9.34. The van der Waals surface area contributed by atoms with E-state index in [-0.39, 0.29) is 5.41 Å². The van der Waals surface area contributed by atoms with Crippen LogP contribution in [0.15, 0.2) is 96.1 Å². The Kier molecular flexibility index (Phi) is 6.90. The van der Waals surface area contributed by atoms with Crippen LogP contribution in [0.1, 0.15) is 73.9 Å². The summed E-state index contributed by atoms with van der Waals surface area (Å²) in [7, 11) is 0. The maximum atomic E-state index is 2.56. The Bertz CT molecular complexity index is 1480. The Balaban J connectivity index is 1.43. The molecule has 0 amide bonds. The number of allylic oxidation sites excluding steroid dienone is 2. The lowest BCUT2D eigenvalue weighted by Crippen LogP contribution is -2.22. The van der Waals surface area contributed by atoms with E-state index in [1.54, 1.807) is 11.1 Å². The smallest absolute Gasteiger partial charge is 0.0105 e. The van der Waals surface area contributed by atoms with Gasteiger partial charge in [0.1, 0.15) is 0 Å². The van der Waals surface area contributed by atoms with Crippen LogP contribution in [-0.2, 0) is 25.7 Å². The first kappa shape index (κ1) is 25.6. The molecule has 0 atom stereocenters. The highest BCUT2D eigenvalue weighted by atomic mass is 14.4. The number of hydrogen-bond acceptors (Lipinski definition) is 0. The van der Waals surface area contributed by atoms with Crippen molar-refractivity contribution in [3.8, 4) is 22.3 Å². The molecule has 4 aromatic rings. The van der Waals surface area contributed by atoms with Crippen molar-refractivity contribution in [2.75, 3.05) is 0 Å². The van der Waals surface area contributed by atoms with Crippen LogP contribution in [0, 0.1) is 5.41 Å². The fourth-order valence-electron chi connectivity index (χ4n) is 7.12. The Labute approximate surface area is 235 Å². The van der Waals surface area contributed by atoms with Crippen LogP contribution in [-0.4, -0.2) is 0 Å². The lowest BCUT2D eigenvalue weighted by atomic mass is 9.71. The number of rotatable bonds is 8. The lowest BCUT2D eigenvalue weighted by Gasteiger charge is -2.33. The summed E-state index contributed by atoms with van der Waals surface area (Å²) < 4.78 is 0. The van der Waals surface area contributed by atoms with E-state index in [0.717, 1.165) is 25.7 Å². The highest BCUT2D eigenvalue weighted by molar-refractivity contribution is 5.85. The number of fused-ring (bicyclic) bond motifs is 2. The topological polar surface area (TPSA) is 0 Å². The molecule has 196 valence electrons. The minimum atomic E-state index is 0.0515. The van der Waals surface area contributed by atoms with E-state index in [9.17, 15) is 0 Å². The summed E-state index contributed by atoms with van der Waals surface area (Å²) in [6.07, 6.45) is 11.7. The zero-order valence-corrected chi connectivity index (χ0v) is 24.0. The van der Waals surface area contributed by atoms with Gasteiger partial charge in [-0.15, -0.1) is 0 Å². The first-order valence-electron chi connectivity index (χ1n) is 14.9. The van der Waals surface area contributed by atoms with Crippen LogP contribution in [0.5, 0.6) is 0 Å². The summed E-state index contributed by atoms with van der Waals surface area (Å²) in [5.74, 6) is 0. The number of hydrogen-bond donors (Lipinski definition) is 0. The van der Waals surface area contributed by atoms with Crippen LogP contribution < -0.4 is 0 Å². The second kappa shape index (κ2) is 10.5. The molecule has 39 heavy (non-hydrogen) atoms. The van der Waals surface area contributed by atoms with Gasteiger partial charge in [0.05, 0.1) is 0 Å². The fraction of sp³-hybridized carbons (Fsp3) is 0.282. The summed E-state index contributed by atoms with van der Waals surface area (Å²) in [4.78, 5) is 0. The molecule has 6 rings (SSSR count). The molecule has 0 saturated heterocycles. The number of benzene rings is 4. The lowest BCUT2D eigenvalue weighted by molar-refractivity contribution is 0.424. The standard InChI is InChI=1S/C39H40/c1-5-22-39(4,31-23-29-16-12-20-35(37(29)25-31)33-18-10-8-14-27(33)6-2)32-24-30-17-13-21-36(38(30)26-32)34-19-11-9-15-28(34)7-3/h8-21,25-26H,5-7,22-24H2,1-4H3. The van der Waals surface area contributed by atoms with E-state index in [0.29, 0.717) is 0 Å². The normalized spacial score (nSPS) is 14.2. The van der Waals surface area contributed by atoms with Gasteiger partial charge in [-0.3, -0.25) is 0 Å². The van der Waals surface area contributed by atoms with Gasteiger partial charge in [0.25, 0.3) is 0 Å². The Morgan fingerprint density at radius 3 is 1.41 bits per heavy atom. The van der Waals surface area contributed by atoms with Gasteiger partial charge >= 0.3 is 0 Å². The van der Waals surface area contributed by atoms with Crippen molar-refractivity contribution in [1.29, 1.82) is 0 Å². The molecule has 0 fully saturated rings. The van der Waals surface area contributed by atoms with Gasteiger partial charge in [-0.25, -0.2) is 0 Å². The summed E-state index contributed by atoms with van der Waals surface area (Å²) in [5, 5.41) is 0. The van der Waals surface area contributed by atoms with Crippen molar-refractivity contribution < 1.29 is 0 Å². The van der Waals surface area contributed by atoms with Gasteiger partial charge in [0.15, 0.2) is 0 Å². The van der Waals surface area contributed by atoms with Gasteiger partial charge in [-0.2, -0.15) is 0 Å². The molecule has 2 aliphatic rings. The van der Waals surface area contributed by atoms with Crippen molar-refractivity contribution >= 4 is 12.2 Å². The molecule has 2 aliphatic carbocycles. The van der Waals surface area contributed by atoms with E-state index in [2.05, 4.69) is 125 Å². The molecule has 0 spiro atoms. The SMILES string of the molecule is CCCC(C)(C1=Cc2c(cccc2-c2ccccc2CC)C1)C1=Cc2c(cccc2-c2ccccc2CC)C1. The zero-order valence-electron chi connectivity index (χ0n) is 24.0. The largest absolute Gasteiger partial charge is 0.0653 e. The predicted molar refractivity (Wildman–Crippen MR) is 169 cm³/mol. The summed E-state index contributed by atoms with van der Waals surface area (Å²) >= 11 is 0. The highest BCUT2D eigenvalue weighted by Crippen LogP contribution is 2.51. The van der Waals surface area contributed by atoms with Crippen LogP contribution in [0.3, 0.4) is 0 Å². The molecule has 0 nitrogen and oxygen atoms in total. The van der Waals surface area contributed by atoms with E-state index < -0.39 is 0 Å². The Morgan fingerprint density at radius 1 is 0.538 bits per heavy atom. The first-order valence-corrected chi connectivity index (χ1v) is 14.9. The van der Waals surface area contributed by atoms with Gasteiger partial charge in [-0.1, -0.05) is 142 Å². The maximum absolute atomic E-state index is 2.56. The van der Waals surface area contributed by atoms with E-state index >= 15 is 0 Å². The predicted octanol–water partition coefficient (Wildman–Crippen LogP) is 10.5.